The van der Waals surface area contributed by atoms with E-state index < -0.39 is 0 Å². The molecule has 0 spiro atoms. The van der Waals surface area contributed by atoms with Crippen molar-refractivity contribution in [3.05, 3.63) is 70.8 Å². The molecule has 0 saturated carbocycles. The molecule has 0 aliphatic carbocycles. The summed E-state index contributed by atoms with van der Waals surface area (Å²) in [6.07, 6.45) is 3.93. The van der Waals surface area contributed by atoms with Gasteiger partial charge in [0.15, 0.2) is 0 Å². The van der Waals surface area contributed by atoms with Gasteiger partial charge in [0.25, 0.3) is 0 Å². The van der Waals surface area contributed by atoms with Crippen molar-refractivity contribution in [1.82, 2.24) is 4.98 Å². The second-order valence-electron chi connectivity index (χ2n) is 8.78. The van der Waals surface area contributed by atoms with E-state index in [1.54, 1.807) is 0 Å². The van der Waals surface area contributed by atoms with Crippen LogP contribution in [0.15, 0.2) is 48.5 Å². The predicted molar refractivity (Wildman–Crippen MR) is 138 cm³/mol. The van der Waals surface area contributed by atoms with E-state index >= 15 is 0 Å². The maximum Gasteiger partial charge on any atom is 0.121 e. The molecule has 0 unspecified atom stereocenters. The summed E-state index contributed by atoms with van der Waals surface area (Å²) in [7, 11) is 1.97. The van der Waals surface area contributed by atoms with Gasteiger partial charge >= 0.3 is 0 Å². The number of para-hydroxylation sites is 1. The number of benzene rings is 3. The van der Waals surface area contributed by atoms with Crippen LogP contribution < -0.4 is 5.32 Å². The third kappa shape index (κ3) is 3.88. The maximum atomic E-state index is 11.1. The van der Waals surface area contributed by atoms with Crippen molar-refractivity contribution in [1.29, 1.82) is 0 Å². The predicted octanol–water partition coefficient (Wildman–Crippen LogP) is 7.77. The fraction of sp³-hybridized carbons (Fsp3) is 0.310. The lowest BCUT2D eigenvalue weighted by Gasteiger charge is -2.20. The van der Waals surface area contributed by atoms with Crippen LogP contribution in [0.2, 0.25) is 0 Å². The summed E-state index contributed by atoms with van der Waals surface area (Å²) in [4.78, 5) is 3.69. The van der Waals surface area contributed by atoms with E-state index in [0.29, 0.717) is 5.75 Å². The molecule has 3 heteroatoms. The van der Waals surface area contributed by atoms with Gasteiger partial charge in [0.1, 0.15) is 5.75 Å². The van der Waals surface area contributed by atoms with E-state index in [9.17, 15) is 5.11 Å². The number of fused-ring (bicyclic) bond motifs is 1. The van der Waals surface area contributed by atoms with Crippen LogP contribution in [0.25, 0.3) is 33.3 Å². The van der Waals surface area contributed by atoms with Gasteiger partial charge in [-0.1, -0.05) is 55.7 Å². The van der Waals surface area contributed by atoms with Gasteiger partial charge in [0.05, 0.1) is 5.69 Å². The number of H-pyrrole nitrogens is 1. The van der Waals surface area contributed by atoms with Gasteiger partial charge in [-0.25, -0.2) is 0 Å². The summed E-state index contributed by atoms with van der Waals surface area (Å²) in [5.74, 6) is 0.381. The molecule has 166 valence electrons. The molecule has 4 rings (SSSR count). The standard InChI is InChI=1S/C29H34N2O/c1-6-8-11-23-26(32)17-24(21(7-2)29(23)30-5)27-22-12-9-10-13-25(22)31-28(27)20-15-18(3)14-19(4)16-20/h9-10,12-17,30-32H,6-8,11H2,1-5H3. The first-order valence-corrected chi connectivity index (χ1v) is 11.7. The Kier molecular flexibility index (Phi) is 6.27. The average Bonchev–Trinajstić information content (AvgIpc) is 3.16. The molecule has 3 N–H and O–H groups in total. The summed E-state index contributed by atoms with van der Waals surface area (Å²) in [6.45, 7) is 8.67. The minimum atomic E-state index is 0.381. The molecule has 0 amide bonds. The van der Waals surface area contributed by atoms with Gasteiger partial charge in [0, 0.05) is 34.8 Å². The number of nitrogens with one attached hydrogen (secondary N) is 2. The number of aromatic amines is 1. The van der Waals surface area contributed by atoms with Gasteiger partial charge in [-0.3, -0.25) is 0 Å². The second-order valence-corrected chi connectivity index (χ2v) is 8.78. The largest absolute Gasteiger partial charge is 0.508 e. The van der Waals surface area contributed by atoms with Crippen molar-refractivity contribution < 1.29 is 5.11 Å². The number of aryl methyl sites for hydroxylation is 2. The first-order valence-electron chi connectivity index (χ1n) is 11.7. The fourth-order valence-corrected chi connectivity index (χ4v) is 5.01. The zero-order valence-electron chi connectivity index (χ0n) is 19.9. The molecule has 0 aliphatic heterocycles. The second kappa shape index (κ2) is 9.12. The molecular formula is C29H34N2O. The molecule has 0 fully saturated rings. The molecule has 0 bridgehead atoms. The molecule has 3 aromatic carbocycles. The minimum absolute atomic E-state index is 0.381. The van der Waals surface area contributed by atoms with Crippen LogP contribution in [0.5, 0.6) is 5.75 Å². The third-order valence-electron chi connectivity index (χ3n) is 6.39. The molecule has 0 atom stereocenters. The Morgan fingerprint density at radius 2 is 1.66 bits per heavy atom. The van der Waals surface area contributed by atoms with Crippen molar-refractivity contribution >= 4 is 16.6 Å². The Bertz CT molecular complexity index is 1250. The quantitative estimate of drug-likeness (QED) is 0.283. The lowest BCUT2D eigenvalue weighted by atomic mass is 9.88. The number of phenolic OH excluding ortho intramolecular Hbond substituents is 1. The fourth-order valence-electron chi connectivity index (χ4n) is 5.01. The smallest absolute Gasteiger partial charge is 0.121 e. The zero-order chi connectivity index (χ0) is 22.8. The zero-order valence-corrected chi connectivity index (χ0v) is 19.9. The maximum absolute atomic E-state index is 11.1. The van der Waals surface area contributed by atoms with E-state index in [1.807, 2.05) is 13.1 Å². The van der Waals surface area contributed by atoms with Crippen LogP contribution in [-0.4, -0.2) is 17.1 Å². The van der Waals surface area contributed by atoms with E-state index in [1.165, 1.54) is 27.6 Å². The molecule has 0 aliphatic rings. The first kappa shape index (κ1) is 22.0. The SMILES string of the molecule is CCCCc1c(O)cc(-c2c(-c3cc(C)cc(C)c3)[nH]c3ccccc23)c(CC)c1NC. The van der Waals surface area contributed by atoms with Gasteiger partial charge in [-0.15, -0.1) is 0 Å². The number of aromatic hydroxyl groups is 1. The highest BCUT2D eigenvalue weighted by Gasteiger charge is 2.22. The van der Waals surface area contributed by atoms with Crippen LogP contribution >= 0.6 is 0 Å². The van der Waals surface area contributed by atoms with Crippen molar-refractivity contribution in [3.8, 4) is 28.1 Å². The molecule has 3 nitrogen and oxygen atoms in total. The van der Waals surface area contributed by atoms with E-state index in [4.69, 9.17) is 0 Å². The number of rotatable bonds is 7. The Morgan fingerprint density at radius 3 is 2.31 bits per heavy atom. The van der Waals surface area contributed by atoms with Gasteiger partial charge in [-0.05, 0) is 74.1 Å². The van der Waals surface area contributed by atoms with Gasteiger partial charge in [0.2, 0.25) is 0 Å². The minimum Gasteiger partial charge on any atom is -0.508 e. The Labute approximate surface area is 191 Å². The van der Waals surface area contributed by atoms with Crippen LogP contribution in [0, 0.1) is 13.8 Å². The highest BCUT2D eigenvalue weighted by atomic mass is 16.3. The molecule has 1 aromatic heterocycles. The van der Waals surface area contributed by atoms with E-state index in [0.717, 1.165) is 59.3 Å². The van der Waals surface area contributed by atoms with Crippen LogP contribution in [-0.2, 0) is 12.8 Å². The lowest BCUT2D eigenvalue weighted by Crippen LogP contribution is -2.03. The number of aromatic nitrogens is 1. The van der Waals surface area contributed by atoms with Crippen molar-refractivity contribution in [2.24, 2.45) is 0 Å². The number of unbranched alkanes of at least 4 members (excludes halogenated alkanes) is 1. The van der Waals surface area contributed by atoms with Crippen molar-refractivity contribution in [2.45, 2.75) is 53.4 Å². The lowest BCUT2D eigenvalue weighted by molar-refractivity contribution is 0.467. The molecule has 32 heavy (non-hydrogen) atoms. The summed E-state index contributed by atoms with van der Waals surface area (Å²) < 4.78 is 0. The first-order chi connectivity index (χ1) is 15.5. The highest BCUT2D eigenvalue weighted by Crippen LogP contribution is 2.45. The molecule has 1 heterocycles. The number of hydrogen-bond donors (Lipinski definition) is 3. The van der Waals surface area contributed by atoms with Crippen molar-refractivity contribution in [3.63, 3.8) is 0 Å². The Morgan fingerprint density at radius 1 is 0.938 bits per heavy atom. The van der Waals surface area contributed by atoms with Crippen LogP contribution in [0.4, 0.5) is 5.69 Å². The molecular weight excluding hydrogens is 392 g/mol. The van der Waals surface area contributed by atoms with Crippen LogP contribution in [0.1, 0.15) is 48.9 Å². The monoisotopic (exact) mass is 426 g/mol. The van der Waals surface area contributed by atoms with Gasteiger partial charge in [-0.2, -0.15) is 0 Å². The number of hydrogen-bond acceptors (Lipinski definition) is 2. The van der Waals surface area contributed by atoms with Crippen LogP contribution in [0.3, 0.4) is 0 Å². The Hall–Kier alpha value is -3.20. The average molecular weight is 427 g/mol. The third-order valence-corrected chi connectivity index (χ3v) is 6.39. The summed E-state index contributed by atoms with van der Waals surface area (Å²) in [5.41, 5.74) is 11.5. The number of phenols is 1. The summed E-state index contributed by atoms with van der Waals surface area (Å²) >= 11 is 0. The van der Waals surface area contributed by atoms with Gasteiger partial charge < -0.3 is 15.4 Å². The highest BCUT2D eigenvalue weighted by molar-refractivity contribution is 6.05. The van der Waals surface area contributed by atoms with E-state index in [-0.39, 0.29) is 0 Å². The molecule has 4 aromatic rings. The normalized spacial score (nSPS) is 11.3. The topological polar surface area (TPSA) is 48.0 Å². The van der Waals surface area contributed by atoms with Crippen molar-refractivity contribution in [2.75, 3.05) is 12.4 Å². The molecule has 0 radical (unpaired) electrons. The van der Waals surface area contributed by atoms with E-state index in [2.05, 4.69) is 80.5 Å². The Balaban J connectivity index is 2.06. The number of anilines is 1. The molecule has 0 saturated heterocycles. The summed E-state index contributed by atoms with van der Waals surface area (Å²) in [5, 5.41) is 15.7. The summed E-state index contributed by atoms with van der Waals surface area (Å²) in [6, 6.07) is 17.1.